The third kappa shape index (κ3) is 3.71. The Hall–Kier alpha value is -0.570. The first-order chi connectivity index (χ1) is 8.27. The number of carbonyl (C=O) groups is 1. The van der Waals surface area contributed by atoms with E-state index in [-0.39, 0.29) is 11.3 Å². The maximum atomic E-state index is 12.3. The summed E-state index contributed by atoms with van der Waals surface area (Å²) in [5.74, 6) is 1.19. The van der Waals surface area contributed by atoms with Gasteiger partial charge in [-0.1, -0.05) is 34.1 Å². The van der Waals surface area contributed by atoms with Gasteiger partial charge in [-0.15, -0.1) is 0 Å². The van der Waals surface area contributed by atoms with E-state index in [1.54, 1.807) is 0 Å². The van der Waals surface area contributed by atoms with E-state index in [0.29, 0.717) is 30.8 Å². The molecule has 0 radical (unpaired) electrons. The van der Waals surface area contributed by atoms with Gasteiger partial charge in [0.2, 0.25) is 5.91 Å². The summed E-state index contributed by atoms with van der Waals surface area (Å²) < 4.78 is 0. The molecule has 0 heterocycles. The molecule has 0 bridgehead atoms. The third-order valence-electron chi connectivity index (χ3n) is 4.77. The van der Waals surface area contributed by atoms with E-state index in [1.165, 1.54) is 12.8 Å². The molecule has 3 atom stereocenters. The monoisotopic (exact) mass is 254 g/mol. The van der Waals surface area contributed by atoms with Gasteiger partial charge in [-0.05, 0) is 36.6 Å². The van der Waals surface area contributed by atoms with Gasteiger partial charge in [0.05, 0.1) is 0 Å². The van der Waals surface area contributed by atoms with Gasteiger partial charge in [-0.3, -0.25) is 4.79 Å². The van der Waals surface area contributed by atoms with Crippen molar-refractivity contribution in [3.05, 3.63) is 0 Å². The zero-order valence-corrected chi connectivity index (χ0v) is 12.7. The van der Waals surface area contributed by atoms with E-state index >= 15 is 0 Å². The van der Waals surface area contributed by atoms with Gasteiger partial charge in [0, 0.05) is 19.5 Å². The van der Waals surface area contributed by atoms with Crippen molar-refractivity contribution in [3.8, 4) is 0 Å². The van der Waals surface area contributed by atoms with Crippen molar-refractivity contribution in [1.29, 1.82) is 0 Å². The Morgan fingerprint density at radius 3 is 2.50 bits per heavy atom. The van der Waals surface area contributed by atoms with Gasteiger partial charge in [0.25, 0.3) is 0 Å². The highest BCUT2D eigenvalue weighted by Crippen LogP contribution is 2.32. The first-order valence-electron chi connectivity index (χ1n) is 7.23. The molecule has 0 aliphatic heterocycles. The Morgan fingerprint density at radius 2 is 2.00 bits per heavy atom. The lowest BCUT2D eigenvalue weighted by Crippen LogP contribution is -2.42. The summed E-state index contributed by atoms with van der Waals surface area (Å²) in [6.45, 7) is 9.47. The van der Waals surface area contributed by atoms with Crippen LogP contribution in [0.15, 0.2) is 0 Å². The molecule has 1 rings (SSSR count). The molecular weight excluding hydrogens is 224 g/mol. The maximum absolute atomic E-state index is 12.3. The van der Waals surface area contributed by atoms with E-state index in [4.69, 9.17) is 5.73 Å². The number of nitrogens with two attached hydrogens (primary N) is 1. The summed E-state index contributed by atoms with van der Waals surface area (Å²) in [5.41, 5.74) is 5.99. The van der Waals surface area contributed by atoms with E-state index in [1.807, 2.05) is 11.9 Å². The van der Waals surface area contributed by atoms with Gasteiger partial charge in [-0.25, -0.2) is 0 Å². The van der Waals surface area contributed by atoms with Crippen LogP contribution in [0, 0.1) is 17.3 Å². The minimum Gasteiger partial charge on any atom is -0.342 e. The SMILES string of the molecule is CC(CC(=O)N(C)C1CCCC1CN)C(C)(C)C. The molecule has 1 aliphatic carbocycles. The van der Waals surface area contributed by atoms with Gasteiger partial charge >= 0.3 is 0 Å². The fourth-order valence-electron chi connectivity index (χ4n) is 2.70. The van der Waals surface area contributed by atoms with E-state index in [2.05, 4.69) is 27.7 Å². The molecule has 3 nitrogen and oxygen atoms in total. The average Bonchev–Trinajstić information content (AvgIpc) is 2.74. The Bertz CT molecular complexity index is 283. The predicted molar refractivity (Wildman–Crippen MR) is 76.2 cm³/mol. The van der Waals surface area contributed by atoms with Gasteiger partial charge in [0.15, 0.2) is 0 Å². The van der Waals surface area contributed by atoms with Crippen molar-refractivity contribution in [1.82, 2.24) is 4.90 Å². The predicted octanol–water partition coefficient (Wildman–Crippen LogP) is 2.64. The molecule has 0 spiro atoms. The van der Waals surface area contributed by atoms with Crippen LogP contribution >= 0.6 is 0 Å². The van der Waals surface area contributed by atoms with Crippen molar-refractivity contribution in [2.24, 2.45) is 23.0 Å². The van der Waals surface area contributed by atoms with Crippen LogP contribution in [0.3, 0.4) is 0 Å². The second-order valence-corrected chi connectivity index (χ2v) is 6.97. The lowest BCUT2D eigenvalue weighted by molar-refractivity contribution is -0.134. The second-order valence-electron chi connectivity index (χ2n) is 6.97. The normalized spacial score (nSPS) is 26.1. The summed E-state index contributed by atoms with van der Waals surface area (Å²) in [5, 5.41) is 0. The third-order valence-corrected chi connectivity index (χ3v) is 4.77. The molecular formula is C15H30N2O. The van der Waals surface area contributed by atoms with Crippen LogP contribution in [0.5, 0.6) is 0 Å². The topological polar surface area (TPSA) is 46.3 Å². The molecule has 1 amide bonds. The van der Waals surface area contributed by atoms with Crippen molar-refractivity contribution in [3.63, 3.8) is 0 Å². The van der Waals surface area contributed by atoms with Crippen LogP contribution in [0.1, 0.15) is 53.4 Å². The number of nitrogens with zero attached hydrogens (tertiary/aromatic N) is 1. The van der Waals surface area contributed by atoms with E-state index in [9.17, 15) is 4.79 Å². The summed E-state index contributed by atoms with van der Waals surface area (Å²) in [7, 11) is 1.95. The highest BCUT2D eigenvalue weighted by molar-refractivity contribution is 5.76. The van der Waals surface area contributed by atoms with E-state index < -0.39 is 0 Å². The Labute approximate surface area is 112 Å². The van der Waals surface area contributed by atoms with Crippen molar-refractivity contribution in [2.45, 2.75) is 59.4 Å². The molecule has 1 fully saturated rings. The zero-order valence-electron chi connectivity index (χ0n) is 12.7. The van der Waals surface area contributed by atoms with Crippen molar-refractivity contribution < 1.29 is 4.79 Å². The minimum atomic E-state index is 0.194. The van der Waals surface area contributed by atoms with Crippen LogP contribution in [-0.4, -0.2) is 30.4 Å². The van der Waals surface area contributed by atoms with Gasteiger partial charge in [0.1, 0.15) is 0 Å². The van der Waals surface area contributed by atoms with Gasteiger partial charge < -0.3 is 10.6 Å². The van der Waals surface area contributed by atoms with Crippen LogP contribution in [0.2, 0.25) is 0 Å². The highest BCUT2D eigenvalue weighted by Gasteiger charge is 2.33. The molecule has 3 heteroatoms. The molecule has 1 aliphatic rings. The van der Waals surface area contributed by atoms with Crippen LogP contribution in [-0.2, 0) is 4.79 Å². The number of carbonyl (C=O) groups excluding carboxylic acids is 1. The smallest absolute Gasteiger partial charge is 0.222 e. The molecule has 18 heavy (non-hydrogen) atoms. The summed E-state index contributed by atoms with van der Waals surface area (Å²) in [6, 6.07) is 0.370. The first-order valence-corrected chi connectivity index (χ1v) is 7.23. The standard InChI is InChI=1S/C15H30N2O/c1-11(15(2,3)4)9-14(18)17(5)13-8-6-7-12(13)10-16/h11-13H,6-10,16H2,1-5H3. The molecule has 2 N–H and O–H groups in total. The molecule has 0 aromatic carbocycles. The lowest BCUT2D eigenvalue weighted by Gasteiger charge is -2.33. The molecule has 0 saturated heterocycles. The molecule has 3 unspecified atom stereocenters. The minimum absolute atomic E-state index is 0.194. The van der Waals surface area contributed by atoms with Crippen LogP contribution < -0.4 is 5.73 Å². The van der Waals surface area contributed by atoms with E-state index in [0.717, 1.165) is 6.42 Å². The molecule has 0 aromatic heterocycles. The Kier molecular flexibility index (Phi) is 5.20. The van der Waals surface area contributed by atoms with Crippen LogP contribution in [0.25, 0.3) is 0 Å². The quantitative estimate of drug-likeness (QED) is 0.838. The number of hydrogen-bond donors (Lipinski definition) is 1. The number of amides is 1. The average molecular weight is 254 g/mol. The first kappa shape index (κ1) is 15.5. The highest BCUT2D eigenvalue weighted by atomic mass is 16.2. The Morgan fingerprint density at radius 1 is 1.39 bits per heavy atom. The summed E-state index contributed by atoms with van der Waals surface area (Å²) in [6.07, 6.45) is 4.15. The number of rotatable bonds is 4. The number of hydrogen-bond acceptors (Lipinski definition) is 2. The maximum Gasteiger partial charge on any atom is 0.222 e. The largest absolute Gasteiger partial charge is 0.342 e. The van der Waals surface area contributed by atoms with Crippen molar-refractivity contribution >= 4 is 5.91 Å². The lowest BCUT2D eigenvalue weighted by atomic mass is 9.80. The Balaban J connectivity index is 2.56. The van der Waals surface area contributed by atoms with Crippen LogP contribution in [0.4, 0.5) is 0 Å². The van der Waals surface area contributed by atoms with Crippen molar-refractivity contribution in [2.75, 3.05) is 13.6 Å². The fraction of sp³-hybridized carbons (Fsp3) is 0.933. The molecule has 1 saturated carbocycles. The summed E-state index contributed by atoms with van der Waals surface area (Å²) in [4.78, 5) is 14.3. The summed E-state index contributed by atoms with van der Waals surface area (Å²) >= 11 is 0. The molecule has 106 valence electrons. The second kappa shape index (κ2) is 6.05. The fourth-order valence-corrected chi connectivity index (χ4v) is 2.70. The zero-order chi connectivity index (χ0) is 13.9. The molecule has 0 aromatic rings. The van der Waals surface area contributed by atoms with Gasteiger partial charge in [-0.2, -0.15) is 0 Å².